The third kappa shape index (κ3) is 3.57. The maximum atomic E-state index is 13.2. The molecule has 1 aromatic rings. The van der Waals surface area contributed by atoms with Crippen LogP contribution in [0, 0.1) is 29.1 Å². The summed E-state index contributed by atoms with van der Waals surface area (Å²) in [5, 5.41) is 9.56. The third-order valence-corrected chi connectivity index (χ3v) is 2.72. The molecule has 1 aromatic carbocycles. The van der Waals surface area contributed by atoms with E-state index in [1.165, 1.54) is 6.92 Å². The molecule has 0 bridgehead atoms. The van der Waals surface area contributed by atoms with E-state index >= 15 is 0 Å². The van der Waals surface area contributed by atoms with E-state index in [-0.39, 0.29) is 26.0 Å². The second kappa shape index (κ2) is 6.36. The fourth-order valence-electron chi connectivity index (χ4n) is 1.44. The van der Waals surface area contributed by atoms with Gasteiger partial charge in [0.1, 0.15) is 0 Å². The van der Waals surface area contributed by atoms with E-state index in [9.17, 15) is 27.1 Å². The normalized spacial score (nSPS) is 14.2. The van der Waals surface area contributed by atoms with Crippen LogP contribution in [0.25, 0.3) is 0 Å². The molecule has 0 heterocycles. The zero-order valence-corrected chi connectivity index (χ0v) is 10.7. The lowest BCUT2D eigenvalue weighted by molar-refractivity contribution is 0.0531. The quantitative estimate of drug-likeness (QED) is 0.367. The topological polar surface area (TPSA) is 55.5 Å². The Hall–Kier alpha value is -1.41. The summed E-state index contributed by atoms with van der Waals surface area (Å²) in [6.07, 6.45) is 0.280. The number of ether oxygens (including phenoxy) is 1. The van der Waals surface area contributed by atoms with Gasteiger partial charge in [-0.15, -0.1) is 0 Å². The first kappa shape index (κ1) is 16.6. The zero-order valence-electron chi connectivity index (χ0n) is 10.7. The van der Waals surface area contributed by atoms with Crippen molar-refractivity contribution in [3.63, 3.8) is 0 Å². The van der Waals surface area contributed by atoms with Gasteiger partial charge in [-0.2, -0.15) is 8.78 Å². The van der Waals surface area contributed by atoms with Gasteiger partial charge in [0.2, 0.25) is 29.1 Å². The highest BCUT2D eigenvalue weighted by atomic mass is 19.2. The standard InChI is InChI=1S/C12H14F5NO2/c1-12(19,5-18)3-2-4-20-11-9(16)7(14)6(13)8(15)10(11)17/h19H,2-5,18H2,1H3. The van der Waals surface area contributed by atoms with E-state index < -0.39 is 40.4 Å². The van der Waals surface area contributed by atoms with Gasteiger partial charge in [-0.3, -0.25) is 0 Å². The van der Waals surface area contributed by atoms with Gasteiger partial charge in [0.15, 0.2) is 5.75 Å². The third-order valence-electron chi connectivity index (χ3n) is 2.72. The molecule has 3 N–H and O–H groups in total. The minimum Gasteiger partial charge on any atom is -0.487 e. The van der Waals surface area contributed by atoms with Gasteiger partial charge in [-0.25, -0.2) is 13.2 Å². The Bertz CT molecular complexity index is 464. The molecule has 0 radical (unpaired) electrons. The summed E-state index contributed by atoms with van der Waals surface area (Å²) in [6, 6.07) is 0. The molecule has 1 atom stereocenters. The van der Waals surface area contributed by atoms with Gasteiger partial charge >= 0.3 is 0 Å². The first-order valence-electron chi connectivity index (χ1n) is 5.78. The molecule has 0 aliphatic heterocycles. The highest BCUT2D eigenvalue weighted by molar-refractivity contribution is 5.29. The van der Waals surface area contributed by atoms with Crippen molar-refractivity contribution < 1.29 is 31.8 Å². The van der Waals surface area contributed by atoms with Crippen LogP contribution in [-0.2, 0) is 0 Å². The molecule has 0 saturated carbocycles. The Kier molecular flexibility index (Phi) is 5.29. The number of rotatable bonds is 6. The second-order valence-electron chi connectivity index (χ2n) is 4.55. The summed E-state index contributed by atoms with van der Waals surface area (Å²) < 4.78 is 69.5. The molecule has 20 heavy (non-hydrogen) atoms. The summed E-state index contributed by atoms with van der Waals surface area (Å²) in [4.78, 5) is 0. The SMILES string of the molecule is CC(O)(CN)CCCOc1c(F)c(F)c(F)c(F)c1F. The van der Waals surface area contributed by atoms with Crippen molar-refractivity contribution >= 4 is 0 Å². The van der Waals surface area contributed by atoms with Gasteiger partial charge in [-0.1, -0.05) is 0 Å². The minimum absolute atomic E-state index is 0.0322. The summed E-state index contributed by atoms with van der Waals surface area (Å²) in [7, 11) is 0. The molecule has 3 nitrogen and oxygen atoms in total. The highest BCUT2D eigenvalue weighted by Gasteiger charge is 2.27. The summed E-state index contributed by atoms with van der Waals surface area (Å²) >= 11 is 0. The van der Waals surface area contributed by atoms with Crippen LogP contribution in [0.15, 0.2) is 0 Å². The first-order valence-corrected chi connectivity index (χ1v) is 5.78. The fourth-order valence-corrected chi connectivity index (χ4v) is 1.44. The van der Waals surface area contributed by atoms with Crippen LogP contribution >= 0.6 is 0 Å². The van der Waals surface area contributed by atoms with Gasteiger partial charge in [-0.05, 0) is 19.8 Å². The van der Waals surface area contributed by atoms with E-state index in [2.05, 4.69) is 4.74 Å². The Morgan fingerprint density at radius 1 is 1.00 bits per heavy atom. The fraction of sp³-hybridized carbons (Fsp3) is 0.500. The van der Waals surface area contributed by atoms with E-state index in [1.54, 1.807) is 0 Å². The number of nitrogens with two attached hydrogens (primary N) is 1. The Morgan fingerprint density at radius 3 is 1.90 bits per heavy atom. The van der Waals surface area contributed by atoms with Crippen LogP contribution in [0.3, 0.4) is 0 Å². The number of hydrogen-bond acceptors (Lipinski definition) is 3. The summed E-state index contributed by atoms with van der Waals surface area (Å²) in [6.45, 7) is 1.09. The molecular weight excluding hydrogens is 285 g/mol. The summed E-state index contributed by atoms with van der Waals surface area (Å²) in [5.41, 5.74) is 4.07. The Balaban J connectivity index is 2.75. The van der Waals surface area contributed by atoms with Crippen LogP contribution in [0.5, 0.6) is 5.75 Å². The van der Waals surface area contributed by atoms with E-state index in [0.29, 0.717) is 0 Å². The lowest BCUT2D eigenvalue weighted by Crippen LogP contribution is -2.34. The van der Waals surface area contributed by atoms with Crippen molar-refractivity contribution in [1.29, 1.82) is 0 Å². The van der Waals surface area contributed by atoms with Gasteiger partial charge in [0.25, 0.3) is 0 Å². The lowest BCUT2D eigenvalue weighted by atomic mass is 10.0. The van der Waals surface area contributed by atoms with Crippen LogP contribution < -0.4 is 10.5 Å². The average Bonchev–Trinajstić information content (AvgIpc) is 2.42. The molecular formula is C12H14F5NO2. The van der Waals surface area contributed by atoms with Crippen LogP contribution in [-0.4, -0.2) is 23.9 Å². The van der Waals surface area contributed by atoms with Crippen molar-refractivity contribution in [2.24, 2.45) is 5.73 Å². The number of hydrogen-bond donors (Lipinski definition) is 2. The predicted octanol–water partition coefficient (Wildman–Crippen LogP) is 2.25. The zero-order chi connectivity index (χ0) is 15.5. The first-order chi connectivity index (χ1) is 9.21. The number of aliphatic hydroxyl groups is 1. The van der Waals surface area contributed by atoms with Crippen molar-refractivity contribution in [3.8, 4) is 5.75 Å². The molecule has 1 rings (SSSR count). The molecule has 0 saturated heterocycles. The van der Waals surface area contributed by atoms with Crippen molar-refractivity contribution in [3.05, 3.63) is 29.1 Å². The van der Waals surface area contributed by atoms with E-state index in [0.717, 1.165) is 0 Å². The number of halogens is 5. The maximum Gasteiger partial charge on any atom is 0.206 e. The monoisotopic (exact) mass is 299 g/mol. The van der Waals surface area contributed by atoms with Crippen LogP contribution in [0.2, 0.25) is 0 Å². The largest absolute Gasteiger partial charge is 0.487 e. The minimum atomic E-state index is -2.24. The molecule has 114 valence electrons. The van der Waals surface area contributed by atoms with Crippen molar-refractivity contribution in [2.45, 2.75) is 25.4 Å². The highest BCUT2D eigenvalue weighted by Crippen LogP contribution is 2.29. The molecule has 8 heteroatoms. The molecule has 0 amide bonds. The van der Waals surface area contributed by atoms with Crippen LogP contribution in [0.1, 0.15) is 19.8 Å². The molecule has 0 aromatic heterocycles. The maximum absolute atomic E-state index is 13.2. The Labute approximate surface area is 112 Å². The average molecular weight is 299 g/mol. The van der Waals surface area contributed by atoms with Crippen molar-refractivity contribution in [1.82, 2.24) is 0 Å². The van der Waals surface area contributed by atoms with E-state index in [1.807, 2.05) is 0 Å². The second-order valence-corrected chi connectivity index (χ2v) is 4.55. The van der Waals surface area contributed by atoms with Crippen LogP contribution in [0.4, 0.5) is 22.0 Å². The van der Waals surface area contributed by atoms with Gasteiger partial charge in [0.05, 0.1) is 12.2 Å². The van der Waals surface area contributed by atoms with Gasteiger partial charge in [0, 0.05) is 6.54 Å². The molecule has 0 aliphatic rings. The molecule has 1 unspecified atom stereocenters. The molecule has 0 aliphatic carbocycles. The number of benzene rings is 1. The van der Waals surface area contributed by atoms with E-state index in [4.69, 9.17) is 5.73 Å². The van der Waals surface area contributed by atoms with Gasteiger partial charge < -0.3 is 15.6 Å². The smallest absolute Gasteiger partial charge is 0.206 e. The molecule has 0 fully saturated rings. The summed E-state index contributed by atoms with van der Waals surface area (Å²) in [5.74, 6) is -11.7. The van der Waals surface area contributed by atoms with Crippen molar-refractivity contribution in [2.75, 3.05) is 13.2 Å². The Morgan fingerprint density at radius 2 is 1.45 bits per heavy atom. The predicted molar refractivity (Wildman–Crippen MR) is 60.6 cm³/mol. The molecule has 0 spiro atoms. The lowest BCUT2D eigenvalue weighted by Gasteiger charge is -2.20.